The van der Waals surface area contributed by atoms with Crippen LogP contribution in [0.5, 0.6) is 34.5 Å². The third-order valence-corrected chi connectivity index (χ3v) is 25.1. The molecule has 3 aliphatic rings. The highest BCUT2D eigenvalue weighted by Crippen LogP contribution is 2.41. The molecule has 3 fully saturated rings. The number of aldehydes is 2. The fourth-order valence-corrected chi connectivity index (χ4v) is 17.4. The molecule has 1 heterocycles. The molecule has 8 rings (SSSR count). The van der Waals surface area contributed by atoms with Crippen LogP contribution in [0.2, 0.25) is 0 Å². The molecular formula is C106H154O20. The van der Waals surface area contributed by atoms with Gasteiger partial charge in [-0.3, -0.25) is 9.59 Å². The first-order valence-electron chi connectivity index (χ1n) is 49.3. The van der Waals surface area contributed by atoms with Crippen LogP contribution in [-0.4, -0.2) is 132 Å². The smallest absolute Gasteiger partial charge is 0.343 e. The molecule has 20 heteroatoms. The normalized spacial score (nSPS) is 16.9. The molecule has 5 aromatic rings. The summed E-state index contributed by atoms with van der Waals surface area (Å²) in [6.45, 7) is 9.23. The lowest BCUT2D eigenvalue weighted by molar-refractivity contribution is -0.162. The van der Waals surface area contributed by atoms with E-state index in [4.69, 9.17) is 56.8 Å². The monoisotopic (exact) mass is 1750 g/mol. The molecule has 1 N–H and O–H groups in total. The lowest BCUT2D eigenvalue weighted by atomic mass is 9.77. The van der Waals surface area contributed by atoms with Crippen LogP contribution in [0.1, 0.15) is 388 Å². The van der Waals surface area contributed by atoms with Crippen molar-refractivity contribution in [1.82, 2.24) is 0 Å². The molecule has 3 atom stereocenters. The van der Waals surface area contributed by atoms with Crippen molar-refractivity contribution in [3.8, 4) is 34.5 Å². The SMILES string of the molecule is CCCCCC1CCC(c2ccc(OC(=O)c3ccc(OCCCCCCCCOC(C=O)CC(=O)OCCCCCCCCOc4ccc(OCCCCCCCCOC(=O)CC(C=O)OCCCCCCCCOc5ccc(C(=O)Oc6ccc(C7CCC(CCCCC)CC7)cc6)cc5)c(C(=O)O)c4CCCCCCOC4CCCCO4)cc3)cc2)CC1. The molecule has 0 amide bonds. The Morgan fingerprint density at radius 1 is 0.373 bits per heavy atom. The van der Waals surface area contributed by atoms with E-state index >= 15 is 0 Å². The number of ether oxygens (including phenoxy) is 12. The number of carbonyl (C=O) groups excluding carboxylic acids is 6. The third kappa shape index (κ3) is 42.8. The van der Waals surface area contributed by atoms with E-state index in [9.17, 15) is 38.7 Å². The van der Waals surface area contributed by atoms with Crippen LogP contribution in [0.4, 0.5) is 0 Å². The van der Waals surface area contributed by atoms with Crippen molar-refractivity contribution in [3.63, 3.8) is 0 Å². The predicted octanol–water partition coefficient (Wildman–Crippen LogP) is 25.5. The van der Waals surface area contributed by atoms with Crippen molar-refractivity contribution in [2.75, 3.05) is 66.1 Å². The van der Waals surface area contributed by atoms with Gasteiger partial charge in [0.25, 0.3) is 0 Å². The van der Waals surface area contributed by atoms with Crippen molar-refractivity contribution < 1.29 is 95.5 Å². The van der Waals surface area contributed by atoms with Gasteiger partial charge < -0.3 is 71.5 Å². The molecule has 126 heavy (non-hydrogen) atoms. The third-order valence-electron chi connectivity index (χ3n) is 25.1. The molecule has 1 saturated heterocycles. The summed E-state index contributed by atoms with van der Waals surface area (Å²) >= 11 is 0. The lowest BCUT2D eigenvalue weighted by Gasteiger charge is -2.29. The zero-order valence-corrected chi connectivity index (χ0v) is 76.7. The Bertz CT molecular complexity index is 3750. The van der Waals surface area contributed by atoms with Gasteiger partial charge in [-0.1, -0.05) is 205 Å². The minimum atomic E-state index is -1.05. The van der Waals surface area contributed by atoms with Crippen LogP contribution in [0, 0.1) is 11.8 Å². The highest BCUT2D eigenvalue weighted by Gasteiger charge is 2.27. The van der Waals surface area contributed by atoms with Crippen LogP contribution in [0.25, 0.3) is 0 Å². The van der Waals surface area contributed by atoms with Crippen LogP contribution in [0.15, 0.2) is 109 Å². The number of benzene rings is 5. The first kappa shape index (κ1) is 103. The maximum Gasteiger partial charge on any atom is 0.343 e. The molecule has 0 aromatic heterocycles. The summed E-state index contributed by atoms with van der Waals surface area (Å²) in [4.78, 5) is 87.7. The van der Waals surface area contributed by atoms with Crippen molar-refractivity contribution >= 4 is 42.4 Å². The molecular weight excluding hydrogens is 1590 g/mol. The number of aromatic carboxylic acids is 1. The van der Waals surface area contributed by atoms with E-state index in [2.05, 4.69) is 38.1 Å². The number of hydrogen-bond donors (Lipinski definition) is 1. The van der Waals surface area contributed by atoms with Gasteiger partial charge in [0.05, 0.1) is 63.6 Å². The quantitative estimate of drug-likeness (QED) is 0.0164. The molecule has 3 unspecified atom stereocenters. The Morgan fingerprint density at radius 3 is 1.13 bits per heavy atom. The first-order chi connectivity index (χ1) is 61.9. The van der Waals surface area contributed by atoms with E-state index in [1.54, 1.807) is 30.3 Å². The van der Waals surface area contributed by atoms with E-state index in [-0.39, 0.29) is 49.8 Å². The fraction of sp³-hybridized carbons (Fsp3) is 0.651. The molecule has 1 aliphatic heterocycles. The summed E-state index contributed by atoms with van der Waals surface area (Å²) in [5.41, 5.74) is 4.43. The van der Waals surface area contributed by atoms with E-state index in [0.717, 1.165) is 205 Å². The van der Waals surface area contributed by atoms with Gasteiger partial charge in [0.15, 0.2) is 6.29 Å². The average molecular weight is 1750 g/mol. The second-order valence-corrected chi connectivity index (χ2v) is 35.3. The topological polar surface area (TPSA) is 250 Å². The minimum absolute atomic E-state index is 0.107. The van der Waals surface area contributed by atoms with Gasteiger partial charge in [0.2, 0.25) is 0 Å². The molecule has 0 radical (unpaired) electrons. The standard InChI is InChI=1S/C106H154O20/c1-3-5-25-39-83-43-47-85(48-44-83)87-51-63-93(64-52-87)125-105(113)89-55-59-91(60-56-89)115-69-29-16-7-9-18-31-71-117-95(81-107)79-100(109)121-75-35-22-13-11-20-33-73-119-98-67-68-99(103(104(111)112)97(98)41-27-15-24-37-77-123-102-42-28-38-78-124-102)120-74-34-21-12-14-23-36-76-122-101(110)80-96(82-108)118-72-32-19-10-8-17-30-70-116-92-61-57-90(58-62-92)106(114)126-94-65-53-88(54-66-94)86-49-45-84(46-50-86)40-26-6-4-2/h51-68,81-86,95-96,102H,3-50,69-80H2,1-2H3,(H,111,112). The first-order valence-corrected chi connectivity index (χ1v) is 49.3. The van der Waals surface area contributed by atoms with Crippen LogP contribution >= 0.6 is 0 Å². The van der Waals surface area contributed by atoms with Crippen LogP contribution < -0.4 is 28.4 Å². The molecule has 2 aliphatic carbocycles. The van der Waals surface area contributed by atoms with E-state index in [0.29, 0.717) is 141 Å². The molecule has 698 valence electrons. The average Bonchev–Trinajstić information content (AvgIpc) is 0.805. The summed E-state index contributed by atoms with van der Waals surface area (Å²) in [5.74, 6) is 3.65. The highest BCUT2D eigenvalue weighted by atomic mass is 16.7. The van der Waals surface area contributed by atoms with Crippen molar-refractivity contribution in [3.05, 3.63) is 143 Å². The number of esters is 4. The Kier molecular flexibility index (Phi) is 52.9. The van der Waals surface area contributed by atoms with Gasteiger partial charge >= 0.3 is 29.8 Å². The molecule has 0 bridgehead atoms. The zero-order valence-electron chi connectivity index (χ0n) is 76.7. The summed E-state index contributed by atoms with van der Waals surface area (Å²) in [6, 6.07) is 33.9. The molecule has 5 aromatic carbocycles. The second-order valence-electron chi connectivity index (χ2n) is 35.3. The Balaban J connectivity index is 0.595. The Hall–Kier alpha value is -8.17. The maximum atomic E-state index is 13.0. The highest BCUT2D eigenvalue weighted by molar-refractivity contribution is 5.94. The summed E-state index contributed by atoms with van der Waals surface area (Å²) in [6.07, 6.45) is 49.2. The Morgan fingerprint density at radius 2 is 0.738 bits per heavy atom. The van der Waals surface area contributed by atoms with E-state index < -0.39 is 30.1 Å². The summed E-state index contributed by atoms with van der Waals surface area (Å²) in [5, 5.41) is 10.7. The Labute approximate surface area is 754 Å². The molecule has 0 spiro atoms. The van der Waals surface area contributed by atoms with Gasteiger partial charge in [-0.2, -0.15) is 0 Å². The van der Waals surface area contributed by atoms with E-state index in [1.807, 2.05) is 54.6 Å². The molecule has 20 nitrogen and oxygen atoms in total. The molecule has 2 saturated carbocycles. The summed E-state index contributed by atoms with van der Waals surface area (Å²) < 4.78 is 69.9. The second kappa shape index (κ2) is 64.5. The number of hydrogen-bond acceptors (Lipinski definition) is 19. The number of rotatable bonds is 71. The number of carboxylic acid groups (broad SMARTS) is 1. The largest absolute Gasteiger partial charge is 0.494 e. The van der Waals surface area contributed by atoms with Gasteiger partial charge in [0, 0.05) is 32.0 Å². The van der Waals surface area contributed by atoms with Gasteiger partial charge in [-0.15, -0.1) is 0 Å². The van der Waals surface area contributed by atoms with Crippen molar-refractivity contribution in [2.45, 2.75) is 365 Å². The number of unbranched alkanes of at least 4 members (excludes halogenated alkanes) is 27. The van der Waals surface area contributed by atoms with Gasteiger partial charge in [0.1, 0.15) is 64.8 Å². The fourth-order valence-electron chi connectivity index (χ4n) is 17.4. The van der Waals surface area contributed by atoms with Gasteiger partial charge in [-0.05, 0) is 261 Å². The van der Waals surface area contributed by atoms with Crippen molar-refractivity contribution in [2.24, 2.45) is 11.8 Å². The summed E-state index contributed by atoms with van der Waals surface area (Å²) in [7, 11) is 0. The zero-order chi connectivity index (χ0) is 88.9. The van der Waals surface area contributed by atoms with Crippen LogP contribution in [-0.2, 0) is 54.0 Å². The number of carboxylic acids is 1. The lowest BCUT2D eigenvalue weighted by Crippen LogP contribution is -2.22. The minimum Gasteiger partial charge on any atom is -0.494 e. The van der Waals surface area contributed by atoms with E-state index in [1.165, 1.54) is 114 Å². The predicted molar refractivity (Wildman–Crippen MR) is 494 cm³/mol. The van der Waals surface area contributed by atoms with Crippen LogP contribution in [0.3, 0.4) is 0 Å². The maximum absolute atomic E-state index is 13.0. The van der Waals surface area contributed by atoms with Gasteiger partial charge in [-0.25, -0.2) is 14.4 Å². The van der Waals surface area contributed by atoms with Crippen molar-refractivity contribution in [1.29, 1.82) is 0 Å². The number of carbonyl (C=O) groups is 7.